The Balaban J connectivity index is 0.00000338. The summed E-state index contributed by atoms with van der Waals surface area (Å²) in [6.45, 7) is 9.11. The maximum Gasteiger partial charge on any atom is 0.293 e. The molecule has 2 N–H and O–H groups in total. The van der Waals surface area contributed by atoms with Gasteiger partial charge in [0.05, 0.1) is 4.92 Å². The minimum absolute atomic E-state index is 0. The summed E-state index contributed by atoms with van der Waals surface area (Å²) in [6, 6.07) is 4.92. The highest BCUT2D eigenvalue weighted by atomic mass is 35.5. The molecule has 1 fully saturated rings. The maximum atomic E-state index is 12.3. The minimum Gasteiger partial charge on any atom is -0.366 e. The van der Waals surface area contributed by atoms with Gasteiger partial charge in [0, 0.05) is 37.3 Å². The van der Waals surface area contributed by atoms with Crippen LogP contribution in [0.3, 0.4) is 0 Å². The molecule has 1 aliphatic rings. The van der Waals surface area contributed by atoms with Crippen LogP contribution >= 0.6 is 12.4 Å². The zero-order valence-corrected chi connectivity index (χ0v) is 16.5. The first-order chi connectivity index (χ1) is 11.9. The van der Waals surface area contributed by atoms with Gasteiger partial charge >= 0.3 is 0 Å². The van der Waals surface area contributed by atoms with Gasteiger partial charge in [-0.3, -0.25) is 14.9 Å². The molecule has 1 amide bonds. The van der Waals surface area contributed by atoms with Gasteiger partial charge in [-0.15, -0.1) is 12.4 Å². The topological polar surface area (TPSA) is 87.5 Å². The molecule has 1 aliphatic heterocycles. The molecule has 0 bridgehead atoms. The summed E-state index contributed by atoms with van der Waals surface area (Å²) in [5, 5.41) is 17.5. The van der Waals surface area contributed by atoms with E-state index < -0.39 is 4.92 Å². The van der Waals surface area contributed by atoms with Crippen LogP contribution in [0.15, 0.2) is 18.2 Å². The number of nitrogens with one attached hydrogen (secondary N) is 2. The Labute approximate surface area is 161 Å². The predicted molar refractivity (Wildman–Crippen MR) is 106 cm³/mol. The first kappa shape index (κ1) is 22.2. The first-order valence-corrected chi connectivity index (χ1v) is 8.97. The van der Waals surface area contributed by atoms with E-state index in [4.69, 9.17) is 0 Å². The van der Waals surface area contributed by atoms with Gasteiger partial charge in [-0.1, -0.05) is 13.8 Å². The van der Waals surface area contributed by atoms with Crippen molar-refractivity contribution in [2.75, 3.05) is 31.1 Å². The van der Waals surface area contributed by atoms with E-state index in [-0.39, 0.29) is 30.0 Å². The number of nitrogens with zero attached hydrogens (tertiary/aromatic N) is 2. The number of amides is 1. The van der Waals surface area contributed by atoms with E-state index in [1.54, 1.807) is 12.1 Å². The first-order valence-electron chi connectivity index (χ1n) is 8.97. The molecule has 146 valence electrons. The molecule has 1 atom stereocenters. The molecule has 1 aromatic carbocycles. The summed E-state index contributed by atoms with van der Waals surface area (Å²) < 4.78 is 0. The highest BCUT2D eigenvalue weighted by molar-refractivity contribution is 5.95. The monoisotopic (exact) mass is 384 g/mol. The van der Waals surface area contributed by atoms with Crippen LogP contribution in [0.4, 0.5) is 11.4 Å². The Kier molecular flexibility index (Phi) is 8.81. The van der Waals surface area contributed by atoms with Crippen LogP contribution in [0.2, 0.25) is 0 Å². The lowest BCUT2D eigenvalue weighted by Gasteiger charge is -2.31. The number of benzene rings is 1. The number of hydrogen-bond acceptors (Lipinski definition) is 5. The van der Waals surface area contributed by atoms with Gasteiger partial charge in [-0.05, 0) is 44.4 Å². The number of nitro benzene ring substituents is 1. The van der Waals surface area contributed by atoms with E-state index in [1.807, 2.05) is 18.7 Å². The predicted octanol–water partition coefficient (Wildman–Crippen LogP) is 2.98. The van der Waals surface area contributed by atoms with Gasteiger partial charge in [0.2, 0.25) is 0 Å². The van der Waals surface area contributed by atoms with Crippen molar-refractivity contribution in [2.45, 2.75) is 39.7 Å². The van der Waals surface area contributed by atoms with Crippen LogP contribution in [0.1, 0.15) is 44.0 Å². The highest BCUT2D eigenvalue weighted by Gasteiger charge is 2.24. The summed E-state index contributed by atoms with van der Waals surface area (Å²) >= 11 is 0. The number of rotatable bonds is 7. The van der Waals surface area contributed by atoms with Gasteiger partial charge in [-0.25, -0.2) is 0 Å². The largest absolute Gasteiger partial charge is 0.366 e. The van der Waals surface area contributed by atoms with E-state index in [0.29, 0.717) is 23.7 Å². The average molecular weight is 385 g/mol. The molecule has 2 rings (SSSR count). The number of anilines is 1. The number of piperidine rings is 1. The number of nitro groups is 1. The molecule has 0 unspecified atom stereocenters. The van der Waals surface area contributed by atoms with Crippen molar-refractivity contribution >= 4 is 29.7 Å². The summed E-state index contributed by atoms with van der Waals surface area (Å²) in [4.78, 5) is 25.4. The third-order valence-electron chi connectivity index (χ3n) is 4.68. The molecule has 26 heavy (non-hydrogen) atoms. The van der Waals surface area contributed by atoms with E-state index in [1.165, 1.54) is 6.07 Å². The van der Waals surface area contributed by atoms with Crippen molar-refractivity contribution < 1.29 is 9.72 Å². The van der Waals surface area contributed by atoms with Crippen LogP contribution in [-0.2, 0) is 0 Å². The summed E-state index contributed by atoms with van der Waals surface area (Å²) in [5.41, 5.74) is 0.931. The lowest BCUT2D eigenvalue weighted by atomic mass is 9.98. The number of carbonyl (C=O) groups excluding carboxylic acids is 1. The molecule has 1 aromatic rings. The molecule has 0 spiro atoms. The summed E-state index contributed by atoms with van der Waals surface area (Å²) in [5.74, 6) is 0.366. The average Bonchev–Trinajstić information content (AvgIpc) is 2.60. The Bertz CT molecular complexity index is 618. The molecule has 0 aromatic heterocycles. The van der Waals surface area contributed by atoms with Gasteiger partial charge in [0.1, 0.15) is 5.69 Å². The zero-order chi connectivity index (χ0) is 18.4. The molecular weight excluding hydrogens is 356 g/mol. The Morgan fingerprint density at radius 2 is 2.04 bits per heavy atom. The second kappa shape index (κ2) is 10.3. The minimum atomic E-state index is -0.397. The number of likely N-dealkylation sites (N-methyl/N-ethyl adjacent to an activating group) is 1. The lowest BCUT2D eigenvalue weighted by molar-refractivity contribution is -0.384. The standard InChI is InChI=1S/C18H28N4O3.ClH/c1-4-19-14(3)12-20-18(23)15-5-6-16(17(11-15)22(24)25)21-9-7-13(2)8-10-21;/h5-6,11,13-14,19H,4,7-10,12H2,1-3H3,(H,20,23);1H/t14-;/m1./s1. The SMILES string of the molecule is CCN[C@H](C)CNC(=O)c1ccc(N2CCC(C)CC2)c([N+](=O)[O-])c1.Cl. The summed E-state index contributed by atoms with van der Waals surface area (Å²) in [7, 11) is 0. The van der Waals surface area contributed by atoms with Crippen molar-refractivity contribution in [3.63, 3.8) is 0 Å². The van der Waals surface area contributed by atoms with Gasteiger partial charge in [0.25, 0.3) is 11.6 Å². The van der Waals surface area contributed by atoms with E-state index >= 15 is 0 Å². The van der Waals surface area contributed by atoms with Gasteiger partial charge < -0.3 is 15.5 Å². The van der Waals surface area contributed by atoms with Crippen molar-refractivity contribution in [2.24, 2.45) is 5.92 Å². The quantitative estimate of drug-likeness (QED) is 0.557. The molecule has 0 radical (unpaired) electrons. The van der Waals surface area contributed by atoms with Crippen LogP contribution in [0.25, 0.3) is 0 Å². The molecule has 8 heteroatoms. The zero-order valence-electron chi connectivity index (χ0n) is 15.7. The Morgan fingerprint density at radius 3 is 2.62 bits per heavy atom. The Hall–Kier alpha value is -1.86. The maximum absolute atomic E-state index is 12.3. The van der Waals surface area contributed by atoms with Crippen molar-refractivity contribution in [1.82, 2.24) is 10.6 Å². The second-order valence-electron chi connectivity index (χ2n) is 6.80. The number of hydrogen-bond donors (Lipinski definition) is 2. The smallest absolute Gasteiger partial charge is 0.293 e. The van der Waals surface area contributed by atoms with E-state index in [0.717, 1.165) is 32.5 Å². The van der Waals surface area contributed by atoms with Crippen LogP contribution in [0.5, 0.6) is 0 Å². The fourth-order valence-corrected chi connectivity index (χ4v) is 3.10. The van der Waals surface area contributed by atoms with Crippen molar-refractivity contribution in [3.05, 3.63) is 33.9 Å². The fourth-order valence-electron chi connectivity index (χ4n) is 3.10. The summed E-state index contributed by atoms with van der Waals surface area (Å²) in [6.07, 6.45) is 2.06. The molecule has 0 aliphatic carbocycles. The third-order valence-corrected chi connectivity index (χ3v) is 4.68. The van der Waals surface area contributed by atoms with Crippen LogP contribution in [-0.4, -0.2) is 43.1 Å². The second-order valence-corrected chi connectivity index (χ2v) is 6.80. The normalized spacial score (nSPS) is 15.9. The van der Waals surface area contributed by atoms with Gasteiger partial charge in [0.15, 0.2) is 0 Å². The number of carbonyl (C=O) groups is 1. The van der Waals surface area contributed by atoms with Gasteiger partial charge in [-0.2, -0.15) is 0 Å². The van der Waals surface area contributed by atoms with Crippen molar-refractivity contribution in [3.8, 4) is 0 Å². The lowest BCUT2D eigenvalue weighted by Crippen LogP contribution is -2.38. The van der Waals surface area contributed by atoms with E-state index in [2.05, 4.69) is 17.6 Å². The van der Waals surface area contributed by atoms with Crippen LogP contribution in [0, 0.1) is 16.0 Å². The molecule has 7 nitrogen and oxygen atoms in total. The van der Waals surface area contributed by atoms with Crippen molar-refractivity contribution in [1.29, 1.82) is 0 Å². The third kappa shape index (κ3) is 5.85. The molecular formula is C18H29ClN4O3. The number of halogens is 1. The Morgan fingerprint density at radius 1 is 1.38 bits per heavy atom. The highest BCUT2D eigenvalue weighted by Crippen LogP contribution is 2.32. The van der Waals surface area contributed by atoms with E-state index in [9.17, 15) is 14.9 Å². The van der Waals surface area contributed by atoms with Crippen LogP contribution < -0.4 is 15.5 Å². The molecule has 1 heterocycles. The molecule has 0 saturated carbocycles. The molecule has 1 saturated heterocycles. The fraction of sp³-hybridized carbons (Fsp3) is 0.611.